The first-order valence-corrected chi connectivity index (χ1v) is 7.48. The number of primary amides is 1. The number of hydrogen-bond donors (Lipinski definition) is 2. The summed E-state index contributed by atoms with van der Waals surface area (Å²) in [5.74, 6) is 0.325. The zero-order valence-corrected chi connectivity index (χ0v) is 12.6. The van der Waals surface area contributed by atoms with E-state index in [1.54, 1.807) is 6.07 Å². The molecule has 1 aromatic rings. The molecule has 5 heteroatoms. The van der Waals surface area contributed by atoms with Crippen molar-refractivity contribution in [1.82, 2.24) is 5.32 Å². The van der Waals surface area contributed by atoms with Crippen molar-refractivity contribution in [2.45, 2.75) is 19.3 Å². The lowest BCUT2D eigenvalue weighted by molar-refractivity contribution is 0.100. The van der Waals surface area contributed by atoms with E-state index in [-0.39, 0.29) is 0 Å². The summed E-state index contributed by atoms with van der Waals surface area (Å²) < 4.78 is 0. The number of rotatable bonds is 5. The topological polar surface area (TPSA) is 58.4 Å². The van der Waals surface area contributed by atoms with Crippen LogP contribution in [0.4, 0.5) is 5.69 Å². The molecule has 110 valence electrons. The Morgan fingerprint density at radius 2 is 2.15 bits per heavy atom. The molecule has 0 atom stereocenters. The lowest BCUT2D eigenvalue weighted by Gasteiger charge is -2.33. The monoisotopic (exact) mass is 295 g/mol. The van der Waals surface area contributed by atoms with Crippen LogP contribution in [0.25, 0.3) is 0 Å². The van der Waals surface area contributed by atoms with Crippen LogP contribution in [0.3, 0.4) is 0 Å². The van der Waals surface area contributed by atoms with E-state index in [0.717, 1.165) is 31.2 Å². The quantitative estimate of drug-likeness (QED) is 0.876. The molecular weight excluding hydrogens is 274 g/mol. The van der Waals surface area contributed by atoms with Crippen molar-refractivity contribution in [3.05, 3.63) is 28.8 Å². The molecule has 0 spiro atoms. The van der Waals surface area contributed by atoms with E-state index in [1.807, 2.05) is 19.2 Å². The lowest BCUT2D eigenvalue weighted by Crippen LogP contribution is -2.34. The molecule has 1 aliphatic rings. The average Bonchev–Trinajstić information content (AvgIpc) is 2.45. The summed E-state index contributed by atoms with van der Waals surface area (Å²) in [6, 6.07) is 5.49. The van der Waals surface area contributed by atoms with Crippen molar-refractivity contribution < 1.29 is 4.79 Å². The van der Waals surface area contributed by atoms with Gasteiger partial charge >= 0.3 is 0 Å². The number of amides is 1. The highest BCUT2D eigenvalue weighted by atomic mass is 35.5. The van der Waals surface area contributed by atoms with Gasteiger partial charge in [-0.3, -0.25) is 4.79 Å². The number of halogens is 1. The smallest absolute Gasteiger partial charge is 0.250 e. The largest absolute Gasteiger partial charge is 0.371 e. The van der Waals surface area contributed by atoms with Gasteiger partial charge in [0.2, 0.25) is 5.91 Å². The van der Waals surface area contributed by atoms with E-state index in [1.165, 1.54) is 19.3 Å². The molecule has 0 saturated carbocycles. The number of carbonyl (C=O) groups excluding carboxylic acids is 1. The summed E-state index contributed by atoms with van der Waals surface area (Å²) >= 11 is 6.11. The molecule has 0 unspecified atom stereocenters. The minimum absolute atomic E-state index is 0.388. The van der Waals surface area contributed by atoms with Crippen molar-refractivity contribution >= 4 is 23.2 Å². The van der Waals surface area contributed by atoms with Gasteiger partial charge in [-0.05, 0) is 57.0 Å². The van der Waals surface area contributed by atoms with Crippen LogP contribution in [-0.2, 0) is 0 Å². The van der Waals surface area contributed by atoms with Crippen LogP contribution < -0.4 is 16.0 Å². The Hall–Kier alpha value is -1.26. The predicted octanol–water partition coefficient (Wildman–Crippen LogP) is 2.26. The second kappa shape index (κ2) is 6.95. The van der Waals surface area contributed by atoms with Crippen molar-refractivity contribution in [3.8, 4) is 0 Å². The molecule has 1 fully saturated rings. The molecule has 1 heterocycles. The summed E-state index contributed by atoms with van der Waals surface area (Å²) in [6.45, 7) is 3.17. The Balaban J connectivity index is 1.97. The molecule has 1 aromatic carbocycles. The van der Waals surface area contributed by atoms with E-state index in [0.29, 0.717) is 10.6 Å². The van der Waals surface area contributed by atoms with Gasteiger partial charge in [0.25, 0.3) is 0 Å². The first kappa shape index (κ1) is 15.1. The Labute approximate surface area is 125 Å². The van der Waals surface area contributed by atoms with Crippen LogP contribution in [0.1, 0.15) is 29.6 Å². The number of nitrogens with two attached hydrogens (primary N) is 1. The molecule has 0 aliphatic carbocycles. The third kappa shape index (κ3) is 3.64. The second-order valence-corrected chi connectivity index (χ2v) is 5.76. The van der Waals surface area contributed by atoms with Crippen LogP contribution in [0.2, 0.25) is 5.02 Å². The summed E-state index contributed by atoms with van der Waals surface area (Å²) in [4.78, 5) is 13.5. The molecule has 0 aromatic heterocycles. The normalized spacial score (nSPS) is 16.4. The van der Waals surface area contributed by atoms with Gasteiger partial charge in [0.15, 0.2) is 0 Å². The second-order valence-electron chi connectivity index (χ2n) is 5.35. The Morgan fingerprint density at radius 3 is 2.70 bits per heavy atom. The van der Waals surface area contributed by atoms with Crippen molar-refractivity contribution in [2.75, 3.05) is 31.6 Å². The minimum atomic E-state index is -0.479. The number of anilines is 1. The van der Waals surface area contributed by atoms with Gasteiger partial charge in [0.1, 0.15) is 0 Å². The Morgan fingerprint density at radius 1 is 1.45 bits per heavy atom. The van der Waals surface area contributed by atoms with E-state index in [2.05, 4.69) is 10.2 Å². The zero-order valence-electron chi connectivity index (χ0n) is 11.9. The highest BCUT2D eigenvalue weighted by Gasteiger charge is 2.19. The van der Waals surface area contributed by atoms with Gasteiger partial charge in [-0.25, -0.2) is 0 Å². The molecular formula is C15H22ClN3O. The van der Waals surface area contributed by atoms with Gasteiger partial charge in [0.05, 0.1) is 10.6 Å². The van der Waals surface area contributed by atoms with E-state index in [9.17, 15) is 4.79 Å². The highest BCUT2D eigenvalue weighted by molar-refractivity contribution is 6.34. The number of benzene rings is 1. The van der Waals surface area contributed by atoms with E-state index < -0.39 is 5.91 Å². The number of nitrogens with zero attached hydrogens (tertiary/aromatic N) is 1. The molecule has 4 nitrogen and oxygen atoms in total. The molecule has 2 rings (SSSR count). The van der Waals surface area contributed by atoms with Crippen molar-refractivity contribution in [1.29, 1.82) is 0 Å². The fourth-order valence-electron chi connectivity index (χ4n) is 2.73. The predicted molar refractivity (Wildman–Crippen MR) is 83.5 cm³/mol. The summed E-state index contributed by atoms with van der Waals surface area (Å²) in [7, 11) is 2.00. The molecule has 0 bridgehead atoms. The highest BCUT2D eigenvalue weighted by Crippen LogP contribution is 2.28. The van der Waals surface area contributed by atoms with E-state index >= 15 is 0 Å². The first-order valence-electron chi connectivity index (χ1n) is 7.10. The van der Waals surface area contributed by atoms with Crippen molar-refractivity contribution in [2.24, 2.45) is 11.7 Å². The number of nitrogens with one attached hydrogen (secondary N) is 1. The molecule has 20 heavy (non-hydrogen) atoms. The van der Waals surface area contributed by atoms with Gasteiger partial charge in [-0.15, -0.1) is 0 Å². The maximum Gasteiger partial charge on any atom is 0.250 e. The molecule has 1 saturated heterocycles. The minimum Gasteiger partial charge on any atom is -0.371 e. The molecule has 1 aliphatic heterocycles. The fraction of sp³-hybridized carbons (Fsp3) is 0.533. The lowest BCUT2D eigenvalue weighted by atomic mass is 9.93. The van der Waals surface area contributed by atoms with Crippen LogP contribution in [0.5, 0.6) is 0 Å². The maximum atomic E-state index is 11.2. The fourth-order valence-corrected chi connectivity index (χ4v) is 3.00. The van der Waals surface area contributed by atoms with Crippen LogP contribution in [0, 0.1) is 5.92 Å². The third-order valence-electron chi connectivity index (χ3n) is 4.00. The van der Waals surface area contributed by atoms with Crippen LogP contribution in [-0.4, -0.2) is 32.6 Å². The number of carbonyl (C=O) groups is 1. The summed E-state index contributed by atoms with van der Waals surface area (Å²) in [5.41, 5.74) is 6.73. The Kier molecular flexibility index (Phi) is 5.26. The SMILES string of the molecule is CNCCC1CCN(c2ccc(C(N)=O)c(Cl)c2)CC1. The van der Waals surface area contributed by atoms with Gasteiger partial charge < -0.3 is 16.0 Å². The van der Waals surface area contributed by atoms with Gasteiger partial charge in [-0.1, -0.05) is 11.6 Å². The van der Waals surface area contributed by atoms with Crippen LogP contribution in [0.15, 0.2) is 18.2 Å². The Bertz CT molecular complexity index is 470. The first-order chi connectivity index (χ1) is 9.61. The molecule has 3 N–H and O–H groups in total. The van der Waals surface area contributed by atoms with Gasteiger partial charge in [-0.2, -0.15) is 0 Å². The summed E-state index contributed by atoms with van der Waals surface area (Å²) in [5, 5.41) is 3.64. The maximum absolute atomic E-state index is 11.2. The summed E-state index contributed by atoms with van der Waals surface area (Å²) in [6.07, 6.45) is 3.65. The standard InChI is InChI=1S/C15H22ClN3O/c1-18-7-4-11-5-8-19(9-6-11)12-2-3-13(15(17)20)14(16)10-12/h2-3,10-11,18H,4-9H2,1H3,(H2,17,20). The van der Waals surface area contributed by atoms with E-state index in [4.69, 9.17) is 17.3 Å². The zero-order chi connectivity index (χ0) is 14.5. The van der Waals surface area contributed by atoms with Crippen molar-refractivity contribution in [3.63, 3.8) is 0 Å². The molecule has 0 radical (unpaired) electrons. The average molecular weight is 296 g/mol. The number of hydrogen-bond acceptors (Lipinski definition) is 3. The van der Waals surface area contributed by atoms with Crippen LogP contribution >= 0.6 is 11.6 Å². The molecule has 1 amide bonds. The third-order valence-corrected chi connectivity index (χ3v) is 4.31. The number of piperidine rings is 1. The van der Waals surface area contributed by atoms with Gasteiger partial charge in [0, 0.05) is 18.8 Å².